The zero-order valence-corrected chi connectivity index (χ0v) is 12.3. The molecular weight excluding hydrogens is 282 g/mol. The molecule has 0 saturated carbocycles. The van der Waals surface area contributed by atoms with Gasteiger partial charge < -0.3 is 5.32 Å². The minimum Gasteiger partial charge on any atom is -0.312 e. The van der Waals surface area contributed by atoms with Crippen molar-refractivity contribution in [1.29, 1.82) is 0 Å². The molecule has 0 saturated heterocycles. The van der Waals surface area contributed by atoms with Crippen LogP contribution >= 0.6 is 11.3 Å². The van der Waals surface area contributed by atoms with Crippen LogP contribution in [0.25, 0.3) is 4.96 Å². The molecule has 5 heteroatoms. The lowest BCUT2D eigenvalue weighted by atomic mass is 9.96. The molecule has 0 atom stereocenters. The molecule has 4 nitrogen and oxygen atoms in total. The highest BCUT2D eigenvalue weighted by Gasteiger charge is 2.14. The summed E-state index contributed by atoms with van der Waals surface area (Å²) in [5.74, 6) is 0.133. The van der Waals surface area contributed by atoms with E-state index in [0.29, 0.717) is 6.42 Å². The monoisotopic (exact) mass is 297 g/mol. The normalized spacial score (nSPS) is 14.3. The van der Waals surface area contributed by atoms with Crippen LogP contribution in [0.15, 0.2) is 36.0 Å². The maximum absolute atomic E-state index is 12.4. The number of carbonyl (C=O) groups excluding carboxylic acids is 1. The SMILES string of the molecule is O=C(Cc1cn2ccsc2n1)c1ccc2c(c1)CNCC2. The number of benzene rings is 1. The van der Waals surface area contributed by atoms with E-state index in [9.17, 15) is 4.79 Å². The number of aromatic nitrogens is 2. The Morgan fingerprint density at radius 1 is 1.38 bits per heavy atom. The third-order valence-corrected chi connectivity index (χ3v) is 4.67. The molecular formula is C16H15N3OS. The molecule has 1 aliphatic heterocycles. The van der Waals surface area contributed by atoms with Gasteiger partial charge in [0.15, 0.2) is 10.7 Å². The van der Waals surface area contributed by atoms with Gasteiger partial charge in [-0.1, -0.05) is 12.1 Å². The van der Waals surface area contributed by atoms with Crippen LogP contribution in [0.4, 0.5) is 0 Å². The smallest absolute Gasteiger partial charge is 0.193 e. The largest absolute Gasteiger partial charge is 0.312 e. The molecule has 4 rings (SSSR count). The maximum atomic E-state index is 12.4. The Labute approximate surface area is 126 Å². The Morgan fingerprint density at radius 2 is 2.33 bits per heavy atom. The number of hydrogen-bond donors (Lipinski definition) is 1. The fourth-order valence-electron chi connectivity index (χ4n) is 2.78. The highest BCUT2D eigenvalue weighted by atomic mass is 32.1. The Hall–Kier alpha value is -1.98. The lowest BCUT2D eigenvalue weighted by molar-refractivity contribution is 0.0992. The van der Waals surface area contributed by atoms with Crippen molar-refractivity contribution in [2.24, 2.45) is 0 Å². The van der Waals surface area contributed by atoms with E-state index in [1.54, 1.807) is 11.3 Å². The predicted molar refractivity (Wildman–Crippen MR) is 83.0 cm³/mol. The van der Waals surface area contributed by atoms with Gasteiger partial charge in [-0.05, 0) is 30.2 Å². The number of hydrogen-bond acceptors (Lipinski definition) is 4. The van der Waals surface area contributed by atoms with Crippen LogP contribution in [0.3, 0.4) is 0 Å². The summed E-state index contributed by atoms with van der Waals surface area (Å²) in [6, 6.07) is 6.07. The van der Waals surface area contributed by atoms with Crippen molar-refractivity contribution in [2.75, 3.05) is 6.54 Å². The van der Waals surface area contributed by atoms with Crippen molar-refractivity contribution < 1.29 is 4.79 Å². The Bertz CT molecular complexity index is 789. The number of nitrogens with zero attached hydrogens (tertiary/aromatic N) is 2. The summed E-state index contributed by atoms with van der Waals surface area (Å²) in [6.07, 6.45) is 5.30. The standard InChI is InChI=1S/C16H15N3OS/c20-15(8-14-10-19-5-6-21-16(19)18-14)12-2-1-11-3-4-17-9-13(11)7-12/h1-2,5-7,10,17H,3-4,8-9H2. The Morgan fingerprint density at radius 3 is 3.24 bits per heavy atom. The number of rotatable bonds is 3. The summed E-state index contributed by atoms with van der Waals surface area (Å²) in [5, 5.41) is 5.34. The number of nitrogens with one attached hydrogen (secondary N) is 1. The number of imidazole rings is 1. The van der Waals surface area contributed by atoms with Gasteiger partial charge in [0.05, 0.1) is 12.1 Å². The van der Waals surface area contributed by atoms with Crippen LogP contribution in [-0.2, 0) is 19.4 Å². The van der Waals surface area contributed by atoms with Crippen LogP contribution in [-0.4, -0.2) is 21.7 Å². The van der Waals surface area contributed by atoms with Crippen LogP contribution in [0.2, 0.25) is 0 Å². The van der Waals surface area contributed by atoms with E-state index < -0.39 is 0 Å². The first-order valence-electron chi connectivity index (χ1n) is 7.06. The predicted octanol–water partition coefficient (Wildman–Crippen LogP) is 2.47. The van der Waals surface area contributed by atoms with Crippen molar-refractivity contribution >= 4 is 22.1 Å². The van der Waals surface area contributed by atoms with E-state index >= 15 is 0 Å². The third kappa shape index (κ3) is 2.39. The Kier molecular flexibility index (Phi) is 3.09. The van der Waals surface area contributed by atoms with Crippen LogP contribution in [0, 0.1) is 0 Å². The van der Waals surface area contributed by atoms with E-state index in [2.05, 4.69) is 16.4 Å². The summed E-state index contributed by atoms with van der Waals surface area (Å²) < 4.78 is 1.96. The summed E-state index contributed by atoms with van der Waals surface area (Å²) in [7, 11) is 0. The van der Waals surface area contributed by atoms with Crippen LogP contribution < -0.4 is 5.32 Å². The molecule has 3 heterocycles. The lowest BCUT2D eigenvalue weighted by Crippen LogP contribution is -2.23. The Balaban J connectivity index is 1.58. The number of Topliss-reactive ketones (excluding diaryl/α,β-unsaturated/α-hetero) is 1. The van der Waals surface area contributed by atoms with Gasteiger partial charge in [-0.3, -0.25) is 9.20 Å². The molecule has 0 spiro atoms. The fraction of sp³-hybridized carbons (Fsp3) is 0.250. The molecule has 0 aliphatic carbocycles. The van der Waals surface area contributed by atoms with Gasteiger partial charge in [0, 0.05) is 29.9 Å². The first kappa shape index (κ1) is 12.7. The summed E-state index contributed by atoms with van der Waals surface area (Å²) in [4.78, 5) is 17.8. The first-order chi connectivity index (χ1) is 10.3. The average molecular weight is 297 g/mol. The second kappa shape index (κ2) is 5.09. The van der Waals surface area contributed by atoms with E-state index in [4.69, 9.17) is 0 Å². The van der Waals surface area contributed by atoms with Gasteiger partial charge in [-0.15, -0.1) is 11.3 Å². The second-order valence-corrected chi connectivity index (χ2v) is 6.21. The van der Waals surface area contributed by atoms with Gasteiger partial charge >= 0.3 is 0 Å². The number of carbonyl (C=O) groups is 1. The molecule has 0 fully saturated rings. The average Bonchev–Trinajstić information content (AvgIpc) is 3.08. The maximum Gasteiger partial charge on any atom is 0.193 e. The summed E-state index contributed by atoms with van der Waals surface area (Å²) in [6.45, 7) is 1.88. The summed E-state index contributed by atoms with van der Waals surface area (Å²) >= 11 is 1.58. The minimum absolute atomic E-state index is 0.133. The van der Waals surface area contributed by atoms with Gasteiger partial charge in [-0.25, -0.2) is 4.98 Å². The topological polar surface area (TPSA) is 46.4 Å². The zero-order valence-electron chi connectivity index (χ0n) is 11.5. The molecule has 3 aromatic rings. The zero-order chi connectivity index (χ0) is 14.2. The van der Waals surface area contributed by atoms with E-state index in [1.807, 2.05) is 34.3 Å². The molecule has 1 N–H and O–H groups in total. The number of ketones is 1. The van der Waals surface area contributed by atoms with Crippen molar-refractivity contribution in [1.82, 2.24) is 14.7 Å². The molecule has 0 bridgehead atoms. The van der Waals surface area contributed by atoms with Crippen molar-refractivity contribution in [3.63, 3.8) is 0 Å². The first-order valence-corrected chi connectivity index (χ1v) is 7.94. The fourth-order valence-corrected chi connectivity index (χ4v) is 3.50. The molecule has 1 aliphatic rings. The van der Waals surface area contributed by atoms with Crippen LogP contribution in [0.5, 0.6) is 0 Å². The van der Waals surface area contributed by atoms with Gasteiger partial charge in [-0.2, -0.15) is 0 Å². The van der Waals surface area contributed by atoms with Crippen molar-refractivity contribution in [3.8, 4) is 0 Å². The highest BCUT2D eigenvalue weighted by molar-refractivity contribution is 7.15. The lowest BCUT2D eigenvalue weighted by Gasteiger charge is -2.17. The molecule has 21 heavy (non-hydrogen) atoms. The van der Waals surface area contributed by atoms with Gasteiger partial charge in [0.2, 0.25) is 0 Å². The van der Waals surface area contributed by atoms with Crippen LogP contribution in [0.1, 0.15) is 27.2 Å². The van der Waals surface area contributed by atoms with E-state index in [1.165, 1.54) is 11.1 Å². The minimum atomic E-state index is 0.133. The van der Waals surface area contributed by atoms with E-state index in [0.717, 1.165) is 35.7 Å². The molecule has 2 aromatic heterocycles. The molecule has 0 unspecified atom stereocenters. The number of fused-ring (bicyclic) bond motifs is 2. The van der Waals surface area contributed by atoms with E-state index in [-0.39, 0.29) is 5.78 Å². The highest BCUT2D eigenvalue weighted by Crippen LogP contribution is 2.18. The third-order valence-electron chi connectivity index (χ3n) is 3.90. The molecule has 1 aromatic carbocycles. The van der Waals surface area contributed by atoms with Gasteiger partial charge in [0.25, 0.3) is 0 Å². The second-order valence-electron chi connectivity index (χ2n) is 5.34. The summed E-state index contributed by atoms with van der Waals surface area (Å²) in [5.41, 5.74) is 4.22. The quantitative estimate of drug-likeness (QED) is 0.755. The number of thiazole rings is 1. The van der Waals surface area contributed by atoms with Crippen molar-refractivity contribution in [2.45, 2.75) is 19.4 Å². The van der Waals surface area contributed by atoms with Gasteiger partial charge in [0.1, 0.15) is 0 Å². The molecule has 0 amide bonds. The van der Waals surface area contributed by atoms with Crippen molar-refractivity contribution in [3.05, 3.63) is 58.4 Å². The molecule has 106 valence electrons. The molecule has 0 radical (unpaired) electrons.